The first-order valence-electron chi connectivity index (χ1n) is 7.57. The van der Waals surface area contributed by atoms with E-state index in [2.05, 4.69) is 0 Å². The SMILES string of the molecule is CC(C)N1C(=O)S/C(=C\c2ccc(-c3ccc(C(=O)O)cc3)o2)C1=O. The fourth-order valence-electron chi connectivity index (χ4n) is 2.42. The molecule has 0 saturated carbocycles. The van der Waals surface area contributed by atoms with Gasteiger partial charge in [-0.1, -0.05) is 12.1 Å². The van der Waals surface area contributed by atoms with Crippen LogP contribution in [0.2, 0.25) is 0 Å². The number of imide groups is 1. The van der Waals surface area contributed by atoms with E-state index in [1.54, 1.807) is 44.2 Å². The monoisotopic (exact) mass is 357 g/mol. The normalized spacial score (nSPS) is 16.3. The molecule has 1 saturated heterocycles. The molecule has 7 heteroatoms. The van der Waals surface area contributed by atoms with Gasteiger partial charge in [0.2, 0.25) is 0 Å². The van der Waals surface area contributed by atoms with Crippen molar-refractivity contribution in [2.45, 2.75) is 19.9 Å². The minimum absolute atomic E-state index is 0.192. The zero-order valence-electron chi connectivity index (χ0n) is 13.6. The van der Waals surface area contributed by atoms with Crippen LogP contribution in [0.4, 0.5) is 4.79 Å². The third-order valence-electron chi connectivity index (χ3n) is 3.66. The molecule has 0 radical (unpaired) electrons. The Balaban J connectivity index is 1.83. The predicted molar refractivity (Wildman–Crippen MR) is 94.0 cm³/mol. The number of rotatable bonds is 4. The van der Waals surface area contributed by atoms with Crippen LogP contribution in [0.1, 0.15) is 30.0 Å². The molecule has 25 heavy (non-hydrogen) atoms. The highest BCUT2D eigenvalue weighted by Crippen LogP contribution is 2.34. The minimum atomic E-state index is -0.993. The maximum Gasteiger partial charge on any atom is 0.335 e. The van der Waals surface area contributed by atoms with Crippen molar-refractivity contribution in [3.8, 4) is 11.3 Å². The van der Waals surface area contributed by atoms with Crippen LogP contribution in [0.5, 0.6) is 0 Å². The molecule has 1 fully saturated rings. The number of carboxylic acid groups (broad SMARTS) is 1. The van der Waals surface area contributed by atoms with Crippen LogP contribution >= 0.6 is 11.8 Å². The summed E-state index contributed by atoms with van der Waals surface area (Å²) in [5.74, 6) is -0.320. The zero-order valence-corrected chi connectivity index (χ0v) is 14.4. The summed E-state index contributed by atoms with van der Waals surface area (Å²) < 4.78 is 5.69. The maximum absolute atomic E-state index is 12.3. The van der Waals surface area contributed by atoms with E-state index < -0.39 is 5.97 Å². The standard InChI is InChI=1S/C18H15NO5S/c1-10(2)19-16(20)15(25-18(19)23)9-13-7-8-14(24-13)11-3-5-12(6-4-11)17(21)22/h3-10H,1-2H3,(H,21,22)/b15-9-. The van der Waals surface area contributed by atoms with E-state index in [4.69, 9.17) is 9.52 Å². The second kappa shape index (κ2) is 6.60. The van der Waals surface area contributed by atoms with Gasteiger partial charge < -0.3 is 9.52 Å². The Morgan fingerprint density at radius 1 is 1.16 bits per heavy atom. The topological polar surface area (TPSA) is 87.8 Å². The molecule has 2 heterocycles. The lowest BCUT2D eigenvalue weighted by Gasteiger charge is -2.16. The largest absolute Gasteiger partial charge is 0.478 e. The second-order valence-corrected chi connectivity index (χ2v) is 6.72. The van der Waals surface area contributed by atoms with Gasteiger partial charge in [0.15, 0.2) is 0 Å². The molecule has 1 aliphatic rings. The van der Waals surface area contributed by atoms with Gasteiger partial charge in [0, 0.05) is 17.7 Å². The number of carbonyl (C=O) groups is 3. The van der Waals surface area contributed by atoms with Crippen molar-refractivity contribution in [1.82, 2.24) is 4.90 Å². The third kappa shape index (κ3) is 3.36. The molecule has 1 aliphatic heterocycles. The summed E-state index contributed by atoms with van der Waals surface area (Å²) in [5, 5.41) is 8.63. The van der Waals surface area contributed by atoms with Gasteiger partial charge in [-0.25, -0.2) is 4.79 Å². The Hall–Kier alpha value is -2.80. The molecule has 0 aliphatic carbocycles. The van der Waals surface area contributed by atoms with E-state index >= 15 is 0 Å². The van der Waals surface area contributed by atoms with Gasteiger partial charge in [-0.05, 0) is 49.9 Å². The molecule has 0 unspecified atom stereocenters. The lowest BCUT2D eigenvalue weighted by molar-refractivity contribution is -0.123. The number of hydrogen-bond acceptors (Lipinski definition) is 5. The Labute approximate surface area is 148 Å². The predicted octanol–water partition coefficient (Wildman–Crippen LogP) is 4.09. The zero-order chi connectivity index (χ0) is 18.1. The molecule has 0 bridgehead atoms. The Morgan fingerprint density at radius 2 is 1.84 bits per heavy atom. The molecular formula is C18H15NO5S. The van der Waals surface area contributed by atoms with Crippen LogP contribution in [-0.4, -0.2) is 33.2 Å². The van der Waals surface area contributed by atoms with Crippen molar-refractivity contribution in [2.24, 2.45) is 0 Å². The minimum Gasteiger partial charge on any atom is -0.478 e. The van der Waals surface area contributed by atoms with Crippen LogP contribution in [0, 0.1) is 0 Å². The average molecular weight is 357 g/mol. The van der Waals surface area contributed by atoms with E-state index in [1.807, 2.05) is 0 Å². The molecule has 1 aromatic heterocycles. The highest BCUT2D eigenvalue weighted by atomic mass is 32.2. The van der Waals surface area contributed by atoms with Crippen LogP contribution < -0.4 is 0 Å². The highest BCUT2D eigenvalue weighted by molar-refractivity contribution is 8.18. The van der Waals surface area contributed by atoms with Gasteiger partial charge in [-0.2, -0.15) is 0 Å². The van der Waals surface area contributed by atoms with Crippen molar-refractivity contribution in [2.75, 3.05) is 0 Å². The first-order chi connectivity index (χ1) is 11.9. The van der Waals surface area contributed by atoms with Crippen molar-refractivity contribution >= 4 is 35.0 Å². The molecule has 6 nitrogen and oxygen atoms in total. The second-order valence-electron chi connectivity index (χ2n) is 5.73. The molecule has 0 spiro atoms. The Morgan fingerprint density at radius 3 is 2.40 bits per heavy atom. The molecule has 2 amide bonds. The van der Waals surface area contributed by atoms with Gasteiger partial charge >= 0.3 is 5.97 Å². The van der Waals surface area contributed by atoms with Gasteiger partial charge in [0.05, 0.1) is 10.5 Å². The Kier molecular flexibility index (Phi) is 4.50. The highest BCUT2D eigenvalue weighted by Gasteiger charge is 2.36. The lowest BCUT2D eigenvalue weighted by atomic mass is 10.1. The van der Waals surface area contributed by atoms with Crippen molar-refractivity contribution in [3.63, 3.8) is 0 Å². The summed E-state index contributed by atoms with van der Waals surface area (Å²) >= 11 is 0.888. The molecular weight excluding hydrogens is 342 g/mol. The van der Waals surface area contributed by atoms with Crippen LogP contribution in [0.15, 0.2) is 45.7 Å². The summed E-state index contributed by atoms with van der Waals surface area (Å²) in [6.07, 6.45) is 1.54. The van der Waals surface area contributed by atoms with Crippen LogP contribution in [0.3, 0.4) is 0 Å². The van der Waals surface area contributed by atoms with Crippen LogP contribution in [-0.2, 0) is 4.79 Å². The number of thioether (sulfide) groups is 1. The summed E-state index contributed by atoms with van der Waals surface area (Å²) in [7, 11) is 0. The number of nitrogens with zero attached hydrogens (tertiary/aromatic N) is 1. The summed E-state index contributed by atoms with van der Waals surface area (Å²) in [6, 6.07) is 9.52. The summed E-state index contributed by atoms with van der Waals surface area (Å²) in [4.78, 5) is 36.6. The molecule has 1 N–H and O–H groups in total. The summed E-state index contributed by atoms with van der Waals surface area (Å²) in [5.41, 5.74) is 0.915. The van der Waals surface area contributed by atoms with Crippen molar-refractivity contribution < 1.29 is 23.9 Å². The van der Waals surface area contributed by atoms with Crippen LogP contribution in [0.25, 0.3) is 17.4 Å². The fourth-order valence-corrected chi connectivity index (χ4v) is 3.36. The van der Waals surface area contributed by atoms with Crippen molar-refractivity contribution in [3.05, 3.63) is 52.6 Å². The average Bonchev–Trinajstić information content (AvgIpc) is 3.12. The lowest BCUT2D eigenvalue weighted by Crippen LogP contribution is -2.34. The Bertz CT molecular complexity index is 879. The number of furan rings is 1. The number of carboxylic acids is 1. The molecule has 3 rings (SSSR count). The molecule has 0 atom stereocenters. The van der Waals surface area contributed by atoms with Gasteiger partial charge in [0.1, 0.15) is 11.5 Å². The molecule has 2 aromatic rings. The van der Waals surface area contributed by atoms with E-state index in [-0.39, 0.29) is 22.8 Å². The summed E-state index contributed by atoms with van der Waals surface area (Å²) in [6.45, 7) is 3.57. The van der Waals surface area contributed by atoms with Crippen molar-refractivity contribution in [1.29, 1.82) is 0 Å². The van der Waals surface area contributed by atoms with E-state index in [1.165, 1.54) is 17.0 Å². The number of hydrogen-bond donors (Lipinski definition) is 1. The maximum atomic E-state index is 12.3. The smallest absolute Gasteiger partial charge is 0.335 e. The third-order valence-corrected chi connectivity index (χ3v) is 4.54. The fraction of sp³-hybridized carbons (Fsp3) is 0.167. The van der Waals surface area contributed by atoms with E-state index in [0.717, 1.165) is 17.3 Å². The van der Waals surface area contributed by atoms with E-state index in [0.29, 0.717) is 16.4 Å². The quantitative estimate of drug-likeness (QED) is 0.829. The van der Waals surface area contributed by atoms with Gasteiger partial charge in [-0.3, -0.25) is 14.5 Å². The molecule has 128 valence electrons. The number of aromatic carboxylic acids is 1. The van der Waals surface area contributed by atoms with E-state index in [9.17, 15) is 14.4 Å². The number of benzene rings is 1. The first-order valence-corrected chi connectivity index (χ1v) is 8.39. The van der Waals surface area contributed by atoms with Gasteiger partial charge in [-0.15, -0.1) is 0 Å². The number of amides is 2. The molecule has 1 aromatic carbocycles. The van der Waals surface area contributed by atoms with Gasteiger partial charge in [0.25, 0.3) is 11.1 Å². The number of carbonyl (C=O) groups excluding carboxylic acids is 2. The first kappa shape index (κ1) is 17.0.